The number of carbonyl (C=O) groups excluding carboxylic acids is 3. The fourth-order valence-corrected chi connectivity index (χ4v) is 3.50. The Morgan fingerprint density at radius 2 is 1.67 bits per heavy atom. The molecule has 0 saturated heterocycles. The van der Waals surface area contributed by atoms with E-state index in [1.54, 1.807) is 30.3 Å². The molecule has 0 radical (unpaired) electrons. The lowest BCUT2D eigenvalue weighted by Crippen LogP contribution is -2.22. The van der Waals surface area contributed by atoms with E-state index in [4.69, 9.17) is 0 Å². The Morgan fingerprint density at radius 1 is 0.900 bits per heavy atom. The summed E-state index contributed by atoms with van der Waals surface area (Å²) in [5, 5.41) is 8.29. The molecule has 0 fully saturated rings. The summed E-state index contributed by atoms with van der Waals surface area (Å²) < 4.78 is 13.0. The summed E-state index contributed by atoms with van der Waals surface area (Å²) in [6.07, 6.45) is 0. The second-order valence-corrected chi connectivity index (χ2v) is 7.69. The Hall–Kier alpha value is -3.52. The molecule has 3 N–H and O–H groups in total. The summed E-state index contributed by atoms with van der Waals surface area (Å²) >= 11 is 1.32. The van der Waals surface area contributed by atoms with Gasteiger partial charge in [-0.2, -0.15) is 0 Å². The number of amides is 3. The van der Waals surface area contributed by atoms with E-state index in [2.05, 4.69) is 16.0 Å². The molecule has 1 heterocycles. The SMILES string of the molecule is CC(=O)NCc1ccc(C(=O)NCc2cccc(NC(=O)c3ccc(F)cc3)c2)s1. The number of anilines is 1. The van der Waals surface area contributed by atoms with Crippen LogP contribution in [0.2, 0.25) is 0 Å². The van der Waals surface area contributed by atoms with Crippen molar-refractivity contribution in [2.24, 2.45) is 0 Å². The second kappa shape index (κ2) is 9.80. The molecule has 8 heteroatoms. The van der Waals surface area contributed by atoms with Crippen LogP contribution < -0.4 is 16.0 Å². The minimum atomic E-state index is -0.405. The molecule has 3 amide bonds. The zero-order valence-electron chi connectivity index (χ0n) is 16.2. The minimum absolute atomic E-state index is 0.124. The van der Waals surface area contributed by atoms with E-state index in [0.29, 0.717) is 22.7 Å². The van der Waals surface area contributed by atoms with Crippen molar-refractivity contribution in [1.29, 1.82) is 0 Å². The standard InChI is InChI=1S/C22H20FN3O3S/c1-14(27)24-13-19-9-10-20(30-19)22(29)25-12-15-3-2-4-18(11-15)26-21(28)16-5-7-17(23)8-6-16/h2-11H,12-13H2,1H3,(H,24,27)(H,25,29)(H,26,28). The van der Waals surface area contributed by atoms with Crippen molar-refractivity contribution in [2.45, 2.75) is 20.0 Å². The molecule has 0 unspecified atom stereocenters. The third-order valence-electron chi connectivity index (χ3n) is 4.14. The summed E-state index contributed by atoms with van der Waals surface area (Å²) in [5.41, 5.74) is 1.74. The van der Waals surface area contributed by atoms with Gasteiger partial charge in [-0.15, -0.1) is 11.3 Å². The van der Waals surface area contributed by atoms with E-state index in [9.17, 15) is 18.8 Å². The van der Waals surface area contributed by atoms with Crippen LogP contribution in [0.4, 0.5) is 10.1 Å². The van der Waals surface area contributed by atoms with Crippen LogP contribution in [0.25, 0.3) is 0 Å². The molecule has 0 bridgehead atoms. The predicted molar refractivity (Wildman–Crippen MR) is 114 cm³/mol. The molecule has 1 aromatic heterocycles. The third kappa shape index (κ3) is 5.99. The number of thiophene rings is 1. The zero-order chi connectivity index (χ0) is 21.5. The first-order valence-corrected chi connectivity index (χ1v) is 9.99. The number of benzene rings is 2. The number of nitrogens with one attached hydrogen (secondary N) is 3. The van der Waals surface area contributed by atoms with Gasteiger partial charge in [-0.1, -0.05) is 12.1 Å². The van der Waals surface area contributed by atoms with Gasteiger partial charge < -0.3 is 16.0 Å². The molecule has 0 aliphatic heterocycles. The van der Waals surface area contributed by atoms with Crippen molar-refractivity contribution >= 4 is 34.7 Å². The number of hydrogen-bond donors (Lipinski definition) is 3. The highest BCUT2D eigenvalue weighted by Gasteiger charge is 2.10. The quantitative estimate of drug-likeness (QED) is 0.539. The van der Waals surface area contributed by atoms with Gasteiger partial charge in [-0.3, -0.25) is 14.4 Å². The summed E-state index contributed by atoms with van der Waals surface area (Å²) in [6.45, 7) is 2.12. The molecule has 154 valence electrons. The maximum Gasteiger partial charge on any atom is 0.261 e. The van der Waals surface area contributed by atoms with Crippen molar-refractivity contribution in [3.63, 3.8) is 0 Å². The average molecular weight is 425 g/mol. The Morgan fingerprint density at radius 3 is 2.40 bits per heavy atom. The van der Waals surface area contributed by atoms with Gasteiger partial charge in [-0.25, -0.2) is 4.39 Å². The maximum absolute atomic E-state index is 13.0. The fourth-order valence-electron chi connectivity index (χ4n) is 2.64. The van der Waals surface area contributed by atoms with E-state index in [1.807, 2.05) is 6.07 Å². The highest BCUT2D eigenvalue weighted by atomic mass is 32.1. The van der Waals surface area contributed by atoms with Gasteiger partial charge in [-0.05, 0) is 54.1 Å². The Bertz CT molecular complexity index is 1060. The van der Waals surface area contributed by atoms with Crippen LogP contribution >= 0.6 is 11.3 Å². The van der Waals surface area contributed by atoms with Gasteiger partial charge in [0.25, 0.3) is 11.8 Å². The largest absolute Gasteiger partial charge is 0.351 e. The van der Waals surface area contributed by atoms with Crippen LogP contribution in [0.15, 0.2) is 60.7 Å². The smallest absolute Gasteiger partial charge is 0.261 e. The number of rotatable bonds is 7. The lowest BCUT2D eigenvalue weighted by Gasteiger charge is -2.08. The fraction of sp³-hybridized carbons (Fsp3) is 0.136. The van der Waals surface area contributed by atoms with Gasteiger partial charge >= 0.3 is 0 Å². The first-order valence-electron chi connectivity index (χ1n) is 9.18. The molecule has 0 aliphatic carbocycles. The van der Waals surface area contributed by atoms with Crippen LogP contribution in [0.5, 0.6) is 0 Å². The highest BCUT2D eigenvalue weighted by Crippen LogP contribution is 2.17. The topological polar surface area (TPSA) is 87.3 Å². The summed E-state index contributed by atoms with van der Waals surface area (Å²) in [5.74, 6) is -1.09. The van der Waals surface area contributed by atoms with Gasteiger partial charge in [0.15, 0.2) is 0 Å². The van der Waals surface area contributed by atoms with Crippen LogP contribution in [-0.4, -0.2) is 17.7 Å². The van der Waals surface area contributed by atoms with Crippen LogP contribution in [-0.2, 0) is 17.9 Å². The van der Waals surface area contributed by atoms with Crippen molar-refractivity contribution in [2.75, 3.05) is 5.32 Å². The first kappa shape index (κ1) is 21.2. The Kier molecular flexibility index (Phi) is 6.92. The molecule has 2 aromatic carbocycles. The van der Waals surface area contributed by atoms with Gasteiger partial charge in [0.2, 0.25) is 5.91 Å². The third-order valence-corrected chi connectivity index (χ3v) is 5.23. The predicted octanol–water partition coefficient (Wildman–Crippen LogP) is 3.71. The van der Waals surface area contributed by atoms with E-state index in [0.717, 1.165) is 10.4 Å². The van der Waals surface area contributed by atoms with E-state index in [-0.39, 0.29) is 24.3 Å². The van der Waals surface area contributed by atoms with Crippen molar-refractivity contribution in [3.05, 3.63) is 87.4 Å². The Balaban J connectivity index is 1.56. The Labute approximate surface area is 177 Å². The molecule has 3 rings (SSSR count). The van der Waals surface area contributed by atoms with Crippen LogP contribution in [0.3, 0.4) is 0 Å². The van der Waals surface area contributed by atoms with E-state index in [1.165, 1.54) is 42.5 Å². The molecular formula is C22H20FN3O3S. The van der Waals surface area contributed by atoms with Crippen molar-refractivity contribution in [1.82, 2.24) is 10.6 Å². The lowest BCUT2D eigenvalue weighted by atomic mass is 10.1. The minimum Gasteiger partial charge on any atom is -0.351 e. The highest BCUT2D eigenvalue weighted by molar-refractivity contribution is 7.14. The summed E-state index contributed by atoms with van der Waals surface area (Å²) in [6, 6.07) is 15.9. The van der Waals surface area contributed by atoms with E-state index < -0.39 is 5.82 Å². The molecule has 0 spiro atoms. The molecule has 0 aliphatic rings. The molecule has 6 nitrogen and oxygen atoms in total. The van der Waals surface area contributed by atoms with Gasteiger partial charge in [0.05, 0.1) is 11.4 Å². The molecule has 0 saturated carbocycles. The molecule has 3 aromatic rings. The van der Waals surface area contributed by atoms with Crippen molar-refractivity contribution in [3.8, 4) is 0 Å². The van der Waals surface area contributed by atoms with Crippen LogP contribution in [0, 0.1) is 5.82 Å². The number of hydrogen-bond acceptors (Lipinski definition) is 4. The number of carbonyl (C=O) groups is 3. The molecule has 30 heavy (non-hydrogen) atoms. The van der Waals surface area contributed by atoms with Crippen LogP contribution in [0.1, 0.15) is 37.4 Å². The molecular weight excluding hydrogens is 405 g/mol. The average Bonchev–Trinajstić information content (AvgIpc) is 3.20. The van der Waals surface area contributed by atoms with Crippen molar-refractivity contribution < 1.29 is 18.8 Å². The van der Waals surface area contributed by atoms with Gasteiger partial charge in [0.1, 0.15) is 5.82 Å². The molecule has 0 atom stereocenters. The summed E-state index contributed by atoms with van der Waals surface area (Å²) in [7, 11) is 0. The summed E-state index contributed by atoms with van der Waals surface area (Å²) in [4.78, 5) is 37.0. The zero-order valence-corrected chi connectivity index (χ0v) is 17.0. The first-order chi connectivity index (χ1) is 14.4. The normalized spacial score (nSPS) is 10.3. The number of halogens is 1. The van der Waals surface area contributed by atoms with Gasteiger partial charge in [0, 0.05) is 29.6 Å². The lowest BCUT2D eigenvalue weighted by molar-refractivity contribution is -0.119. The maximum atomic E-state index is 13.0. The monoisotopic (exact) mass is 425 g/mol. The van der Waals surface area contributed by atoms with E-state index >= 15 is 0 Å². The second-order valence-electron chi connectivity index (χ2n) is 6.52.